The third-order valence-electron chi connectivity index (χ3n) is 2.39. The Bertz CT molecular complexity index is 413. The number of thioether (sulfide) groups is 1. The van der Waals surface area contributed by atoms with Crippen LogP contribution in [-0.2, 0) is 4.74 Å². The molecule has 0 radical (unpaired) electrons. The lowest BCUT2D eigenvalue weighted by atomic mass is 10.4. The van der Waals surface area contributed by atoms with Gasteiger partial charge in [-0.15, -0.1) is 23.1 Å². The highest BCUT2D eigenvalue weighted by atomic mass is 32.2. The molecule has 0 bridgehead atoms. The Balaban J connectivity index is 2.32. The average molecular weight is 258 g/mol. The number of esters is 1. The van der Waals surface area contributed by atoms with Crippen molar-refractivity contribution in [2.75, 3.05) is 24.4 Å². The van der Waals surface area contributed by atoms with Crippen molar-refractivity contribution in [3.63, 3.8) is 0 Å². The molecular formula is C10H14N2O2S2. The highest BCUT2D eigenvalue weighted by molar-refractivity contribution is 7.99. The largest absolute Gasteiger partial charge is 0.465 e. The molecule has 0 unspecified atom stereocenters. The third kappa shape index (κ3) is 2.12. The summed E-state index contributed by atoms with van der Waals surface area (Å²) in [6.07, 6.45) is 4.34. The Kier molecular flexibility index (Phi) is 3.30. The van der Waals surface area contributed by atoms with E-state index in [-0.39, 0.29) is 5.97 Å². The number of nitrogens with one attached hydrogen (secondary N) is 1. The Morgan fingerprint density at radius 1 is 1.62 bits per heavy atom. The second kappa shape index (κ2) is 4.55. The van der Waals surface area contributed by atoms with Crippen LogP contribution < -0.4 is 11.1 Å². The van der Waals surface area contributed by atoms with Crippen molar-refractivity contribution >= 4 is 39.8 Å². The van der Waals surface area contributed by atoms with E-state index in [0.29, 0.717) is 16.6 Å². The van der Waals surface area contributed by atoms with Gasteiger partial charge < -0.3 is 15.8 Å². The van der Waals surface area contributed by atoms with Crippen molar-refractivity contribution in [2.24, 2.45) is 0 Å². The van der Waals surface area contributed by atoms with E-state index in [9.17, 15) is 4.79 Å². The van der Waals surface area contributed by atoms with Gasteiger partial charge in [-0.25, -0.2) is 4.79 Å². The van der Waals surface area contributed by atoms with E-state index in [1.54, 1.807) is 11.8 Å². The Morgan fingerprint density at radius 2 is 2.31 bits per heavy atom. The van der Waals surface area contributed by atoms with Gasteiger partial charge in [-0.2, -0.15) is 0 Å². The van der Waals surface area contributed by atoms with E-state index in [0.717, 1.165) is 9.90 Å². The SMILES string of the molecule is COC(=O)c1sc(NC2CC2)c(SC)c1N. The summed E-state index contributed by atoms with van der Waals surface area (Å²) < 4.78 is 4.70. The molecule has 1 aromatic rings. The first-order chi connectivity index (χ1) is 7.67. The predicted octanol–water partition coefficient (Wildman–Crippen LogP) is 2.41. The molecule has 0 amide bonds. The van der Waals surface area contributed by atoms with Gasteiger partial charge in [-0.05, 0) is 19.1 Å². The van der Waals surface area contributed by atoms with Gasteiger partial charge in [-0.1, -0.05) is 0 Å². The van der Waals surface area contributed by atoms with Gasteiger partial charge in [-0.3, -0.25) is 0 Å². The van der Waals surface area contributed by atoms with Crippen LogP contribution in [0.1, 0.15) is 22.5 Å². The molecule has 1 aromatic heterocycles. The average Bonchev–Trinajstić information content (AvgIpc) is 3.03. The van der Waals surface area contributed by atoms with Crippen molar-refractivity contribution in [3.8, 4) is 0 Å². The molecule has 0 aromatic carbocycles. The van der Waals surface area contributed by atoms with Gasteiger partial charge in [0, 0.05) is 6.04 Å². The summed E-state index contributed by atoms with van der Waals surface area (Å²) in [5, 5.41) is 4.38. The lowest BCUT2D eigenvalue weighted by Crippen LogP contribution is -2.01. The summed E-state index contributed by atoms with van der Waals surface area (Å²) in [5.41, 5.74) is 6.47. The van der Waals surface area contributed by atoms with Crippen molar-refractivity contribution in [1.82, 2.24) is 0 Å². The second-order valence-electron chi connectivity index (χ2n) is 3.62. The standard InChI is InChI=1S/C10H14N2O2S2/c1-14-10(13)8-6(11)7(15-2)9(16-8)12-5-3-4-5/h5,12H,3-4,11H2,1-2H3. The molecule has 1 aliphatic rings. The Morgan fingerprint density at radius 3 is 2.81 bits per heavy atom. The minimum absolute atomic E-state index is 0.360. The van der Waals surface area contributed by atoms with E-state index in [2.05, 4.69) is 5.32 Å². The van der Waals surface area contributed by atoms with Crippen molar-refractivity contribution in [3.05, 3.63) is 4.88 Å². The minimum atomic E-state index is -0.360. The molecule has 6 heteroatoms. The summed E-state index contributed by atoms with van der Waals surface area (Å²) in [5.74, 6) is -0.360. The lowest BCUT2D eigenvalue weighted by Gasteiger charge is -2.03. The summed E-state index contributed by atoms with van der Waals surface area (Å²) in [4.78, 5) is 12.9. The van der Waals surface area contributed by atoms with E-state index in [1.165, 1.54) is 31.3 Å². The van der Waals surface area contributed by atoms with Gasteiger partial charge in [0.25, 0.3) is 0 Å². The van der Waals surface area contributed by atoms with Crippen LogP contribution in [0.2, 0.25) is 0 Å². The van der Waals surface area contributed by atoms with Crippen molar-refractivity contribution < 1.29 is 9.53 Å². The molecule has 0 saturated heterocycles. The number of carbonyl (C=O) groups is 1. The van der Waals surface area contributed by atoms with Gasteiger partial charge in [0.15, 0.2) is 0 Å². The summed E-state index contributed by atoms with van der Waals surface area (Å²) >= 11 is 2.94. The van der Waals surface area contributed by atoms with Crippen molar-refractivity contribution in [2.45, 2.75) is 23.8 Å². The van der Waals surface area contributed by atoms with Crippen LogP contribution >= 0.6 is 23.1 Å². The molecule has 0 aliphatic heterocycles. The summed E-state index contributed by atoms with van der Waals surface area (Å²) in [6, 6.07) is 0.550. The van der Waals surface area contributed by atoms with Crippen LogP contribution in [0.15, 0.2) is 4.90 Å². The van der Waals surface area contributed by atoms with Crippen LogP contribution in [0, 0.1) is 0 Å². The number of nitrogens with two attached hydrogens (primary N) is 1. The maximum atomic E-state index is 11.5. The molecule has 2 rings (SSSR count). The van der Waals surface area contributed by atoms with Gasteiger partial charge in [0.05, 0.1) is 17.7 Å². The number of methoxy groups -OCH3 is 1. The molecule has 1 aliphatic carbocycles. The van der Waals surface area contributed by atoms with E-state index in [1.807, 2.05) is 6.26 Å². The maximum Gasteiger partial charge on any atom is 0.350 e. The first kappa shape index (κ1) is 11.6. The number of ether oxygens (including phenoxy) is 1. The number of thiophene rings is 1. The maximum absolute atomic E-state index is 11.5. The van der Waals surface area contributed by atoms with Crippen LogP contribution in [0.3, 0.4) is 0 Å². The zero-order valence-electron chi connectivity index (χ0n) is 9.20. The molecule has 4 nitrogen and oxygen atoms in total. The highest BCUT2D eigenvalue weighted by Crippen LogP contribution is 2.43. The summed E-state index contributed by atoms with van der Waals surface area (Å²) in [7, 11) is 1.37. The van der Waals surface area contributed by atoms with Crippen LogP contribution in [0.5, 0.6) is 0 Å². The predicted molar refractivity (Wildman–Crippen MR) is 68.5 cm³/mol. The Hall–Kier alpha value is -0.880. The highest BCUT2D eigenvalue weighted by Gasteiger charge is 2.26. The van der Waals surface area contributed by atoms with E-state index < -0.39 is 0 Å². The molecule has 16 heavy (non-hydrogen) atoms. The van der Waals surface area contributed by atoms with E-state index >= 15 is 0 Å². The van der Waals surface area contributed by atoms with Crippen LogP contribution in [0.25, 0.3) is 0 Å². The van der Waals surface area contributed by atoms with Gasteiger partial charge >= 0.3 is 5.97 Å². The van der Waals surface area contributed by atoms with Gasteiger partial charge in [0.2, 0.25) is 0 Å². The molecule has 3 N–H and O–H groups in total. The number of rotatable bonds is 4. The van der Waals surface area contributed by atoms with Crippen LogP contribution in [-0.4, -0.2) is 25.4 Å². The zero-order valence-corrected chi connectivity index (χ0v) is 10.8. The molecule has 0 spiro atoms. The normalized spacial score (nSPS) is 14.9. The molecule has 1 saturated carbocycles. The second-order valence-corrected chi connectivity index (χ2v) is 5.45. The lowest BCUT2D eigenvalue weighted by molar-refractivity contribution is 0.0607. The number of nitrogen functional groups attached to an aromatic ring is 1. The summed E-state index contributed by atoms with van der Waals surface area (Å²) in [6.45, 7) is 0. The van der Waals surface area contributed by atoms with Gasteiger partial charge in [0.1, 0.15) is 9.88 Å². The molecular weight excluding hydrogens is 244 g/mol. The fraction of sp³-hybridized carbons (Fsp3) is 0.500. The number of carbonyl (C=O) groups excluding carboxylic acids is 1. The fourth-order valence-electron chi connectivity index (χ4n) is 1.38. The quantitative estimate of drug-likeness (QED) is 0.641. The number of hydrogen-bond donors (Lipinski definition) is 2. The fourth-order valence-corrected chi connectivity index (χ4v) is 3.40. The Labute approximate surface area is 103 Å². The first-order valence-electron chi connectivity index (χ1n) is 4.98. The van der Waals surface area contributed by atoms with Crippen molar-refractivity contribution in [1.29, 1.82) is 0 Å². The first-order valence-corrected chi connectivity index (χ1v) is 7.02. The molecule has 1 fully saturated rings. The van der Waals surface area contributed by atoms with E-state index in [4.69, 9.17) is 10.5 Å². The smallest absolute Gasteiger partial charge is 0.350 e. The zero-order chi connectivity index (χ0) is 11.7. The monoisotopic (exact) mass is 258 g/mol. The molecule has 0 atom stereocenters. The van der Waals surface area contributed by atoms with Crippen LogP contribution in [0.4, 0.5) is 10.7 Å². The number of anilines is 2. The topological polar surface area (TPSA) is 64.3 Å². The minimum Gasteiger partial charge on any atom is -0.465 e. The number of hydrogen-bond acceptors (Lipinski definition) is 6. The molecule has 1 heterocycles. The third-order valence-corrected chi connectivity index (χ3v) is 4.47. The molecule has 88 valence electrons.